The van der Waals surface area contributed by atoms with E-state index in [1.165, 1.54) is 0 Å². The molecule has 1 spiro atoms. The number of Topliss-reactive ketones (excluding diaryl/α,β-unsaturated/α-hetero) is 1. The molecular weight excluding hydrogens is 314 g/mol. The molecule has 23 heavy (non-hydrogen) atoms. The molecule has 0 atom stereocenters. The first-order valence-corrected chi connectivity index (χ1v) is 8.54. The summed E-state index contributed by atoms with van der Waals surface area (Å²) < 4.78 is 6.29. The summed E-state index contributed by atoms with van der Waals surface area (Å²) in [6, 6.07) is 1.87. The number of hydrogen-bond donors (Lipinski definition) is 0. The molecule has 1 aromatic carbocycles. The zero-order chi connectivity index (χ0) is 16.8. The molecule has 0 saturated carbocycles. The summed E-state index contributed by atoms with van der Waals surface area (Å²) in [4.78, 5) is 26.4. The number of fused-ring (bicyclic) bond motifs is 1. The number of aryl methyl sites for hydroxylation is 1. The molecule has 1 aromatic rings. The molecule has 3 rings (SSSR count). The predicted molar refractivity (Wildman–Crippen MR) is 89.3 cm³/mol. The molecule has 2 aliphatic heterocycles. The van der Waals surface area contributed by atoms with Gasteiger partial charge in [-0.1, -0.05) is 18.5 Å². The third-order valence-corrected chi connectivity index (χ3v) is 5.64. The fraction of sp³-hybridized carbons (Fsp3) is 0.556. The van der Waals surface area contributed by atoms with Crippen LogP contribution in [0.5, 0.6) is 5.75 Å². The smallest absolute Gasteiger partial charge is 0.222 e. The van der Waals surface area contributed by atoms with Crippen LogP contribution >= 0.6 is 11.6 Å². The maximum absolute atomic E-state index is 12.7. The van der Waals surface area contributed by atoms with Crippen LogP contribution in [-0.4, -0.2) is 35.3 Å². The van der Waals surface area contributed by atoms with Crippen LogP contribution in [0.25, 0.3) is 0 Å². The summed E-state index contributed by atoms with van der Waals surface area (Å²) in [5.74, 6) is 0.915. The third-order valence-electron chi connectivity index (χ3n) is 5.06. The summed E-state index contributed by atoms with van der Waals surface area (Å²) in [6.07, 6.45) is 2.29. The lowest BCUT2D eigenvalue weighted by Gasteiger charge is -2.44. The van der Waals surface area contributed by atoms with Gasteiger partial charge in [-0.3, -0.25) is 9.59 Å². The highest BCUT2D eigenvalue weighted by atomic mass is 35.5. The van der Waals surface area contributed by atoms with Gasteiger partial charge in [-0.15, -0.1) is 0 Å². The predicted octanol–water partition coefficient (Wildman–Crippen LogP) is 3.69. The zero-order valence-electron chi connectivity index (χ0n) is 13.9. The van der Waals surface area contributed by atoms with E-state index in [1.807, 2.05) is 31.7 Å². The molecule has 0 aliphatic carbocycles. The van der Waals surface area contributed by atoms with Crippen molar-refractivity contribution in [1.29, 1.82) is 0 Å². The number of ether oxygens (including phenoxy) is 1. The average Bonchev–Trinajstić information content (AvgIpc) is 2.52. The van der Waals surface area contributed by atoms with Crippen molar-refractivity contribution in [2.24, 2.45) is 0 Å². The summed E-state index contributed by atoms with van der Waals surface area (Å²) in [5, 5.41) is 0.639. The highest BCUT2D eigenvalue weighted by Crippen LogP contribution is 2.43. The molecule has 5 heteroatoms. The molecule has 0 radical (unpaired) electrons. The Balaban J connectivity index is 1.87. The van der Waals surface area contributed by atoms with Crippen LogP contribution in [0.2, 0.25) is 5.02 Å². The van der Waals surface area contributed by atoms with Gasteiger partial charge in [0, 0.05) is 37.4 Å². The maximum Gasteiger partial charge on any atom is 0.222 e. The Kier molecular flexibility index (Phi) is 4.13. The highest BCUT2D eigenvalue weighted by Gasteiger charge is 2.44. The molecule has 1 fully saturated rings. The molecule has 4 nitrogen and oxygen atoms in total. The Hall–Kier alpha value is -1.55. The fourth-order valence-electron chi connectivity index (χ4n) is 3.67. The number of nitrogens with zero attached hydrogens (tertiary/aromatic N) is 1. The van der Waals surface area contributed by atoms with Crippen LogP contribution in [0, 0.1) is 13.8 Å². The SMILES string of the molecule is CCC(=O)N1CCC2(CC1)CC(=O)c1c(cc(C)c(Cl)c1C)O2. The number of benzene rings is 1. The van der Waals surface area contributed by atoms with Crippen molar-refractivity contribution in [3.63, 3.8) is 0 Å². The van der Waals surface area contributed by atoms with Gasteiger partial charge in [-0.2, -0.15) is 0 Å². The van der Waals surface area contributed by atoms with Gasteiger partial charge in [-0.25, -0.2) is 0 Å². The Morgan fingerprint density at radius 1 is 1.35 bits per heavy atom. The van der Waals surface area contributed by atoms with E-state index >= 15 is 0 Å². The van der Waals surface area contributed by atoms with Crippen molar-refractivity contribution >= 4 is 23.3 Å². The van der Waals surface area contributed by atoms with Crippen LogP contribution in [0.4, 0.5) is 0 Å². The molecule has 1 amide bonds. The van der Waals surface area contributed by atoms with E-state index in [9.17, 15) is 9.59 Å². The minimum atomic E-state index is -0.471. The van der Waals surface area contributed by atoms with Crippen molar-refractivity contribution in [3.05, 3.63) is 27.8 Å². The number of halogens is 1. The van der Waals surface area contributed by atoms with E-state index in [-0.39, 0.29) is 11.7 Å². The minimum Gasteiger partial charge on any atom is -0.486 e. The molecule has 2 aliphatic rings. The van der Waals surface area contributed by atoms with E-state index < -0.39 is 5.60 Å². The second kappa shape index (κ2) is 5.82. The molecule has 0 N–H and O–H groups in total. The summed E-state index contributed by atoms with van der Waals surface area (Å²) in [7, 11) is 0. The number of amides is 1. The van der Waals surface area contributed by atoms with Crippen molar-refractivity contribution in [2.45, 2.75) is 52.1 Å². The van der Waals surface area contributed by atoms with E-state index in [2.05, 4.69) is 0 Å². The fourth-order valence-corrected chi connectivity index (χ4v) is 3.81. The molecular formula is C18H22ClNO3. The summed E-state index contributed by atoms with van der Waals surface area (Å²) in [6.45, 7) is 6.98. The highest BCUT2D eigenvalue weighted by molar-refractivity contribution is 6.32. The van der Waals surface area contributed by atoms with Gasteiger partial charge >= 0.3 is 0 Å². The monoisotopic (exact) mass is 335 g/mol. The van der Waals surface area contributed by atoms with Gasteiger partial charge in [0.05, 0.1) is 12.0 Å². The topological polar surface area (TPSA) is 46.6 Å². The van der Waals surface area contributed by atoms with Crippen molar-refractivity contribution < 1.29 is 14.3 Å². The van der Waals surface area contributed by atoms with Gasteiger partial charge in [0.25, 0.3) is 0 Å². The molecule has 0 aromatic heterocycles. The molecule has 0 bridgehead atoms. The number of likely N-dealkylation sites (tertiary alicyclic amines) is 1. The molecule has 124 valence electrons. The number of piperidine rings is 1. The normalized spacial score (nSPS) is 19.5. The second-order valence-corrected chi connectivity index (χ2v) is 7.00. The van der Waals surface area contributed by atoms with Crippen LogP contribution < -0.4 is 4.74 Å². The van der Waals surface area contributed by atoms with Crippen molar-refractivity contribution in [1.82, 2.24) is 4.90 Å². The Morgan fingerprint density at radius 2 is 2.00 bits per heavy atom. The number of ketones is 1. The number of carbonyl (C=O) groups excluding carboxylic acids is 2. The van der Waals surface area contributed by atoms with Crippen molar-refractivity contribution in [2.75, 3.05) is 13.1 Å². The van der Waals surface area contributed by atoms with E-state index in [1.54, 1.807) is 0 Å². The van der Waals surface area contributed by atoms with E-state index in [0.717, 1.165) is 11.1 Å². The van der Waals surface area contributed by atoms with E-state index in [0.29, 0.717) is 55.1 Å². The average molecular weight is 336 g/mol. The van der Waals surface area contributed by atoms with Crippen molar-refractivity contribution in [3.8, 4) is 5.75 Å². The largest absolute Gasteiger partial charge is 0.486 e. The van der Waals surface area contributed by atoms with Gasteiger partial charge in [0.15, 0.2) is 5.78 Å². The lowest BCUT2D eigenvalue weighted by Crippen LogP contribution is -2.52. The quantitative estimate of drug-likeness (QED) is 0.786. The number of rotatable bonds is 1. The Morgan fingerprint density at radius 3 is 2.61 bits per heavy atom. The minimum absolute atomic E-state index is 0.0981. The van der Waals surface area contributed by atoms with Gasteiger partial charge in [-0.05, 0) is 31.0 Å². The first-order valence-electron chi connectivity index (χ1n) is 8.16. The second-order valence-electron chi connectivity index (χ2n) is 6.62. The van der Waals surface area contributed by atoms with Gasteiger partial charge < -0.3 is 9.64 Å². The number of carbonyl (C=O) groups is 2. The summed E-state index contributed by atoms with van der Waals surface area (Å²) in [5.41, 5.74) is 1.88. The summed E-state index contributed by atoms with van der Waals surface area (Å²) >= 11 is 6.28. The standard InChI is InChI=1S/C18H22ClNO3/c1-4-15(22)20-7-5-18(6-8-20)10-13(21)16-12(3)17(19)11(2)9-14(16)23-18/h9H,4-8,10H2,1-3H3. The lowest BCUT2D eigenvalue weighted by molar-refractivity contribution is -0.134. The number of hydrogen-bond acceptors (Lipinski definition) is 3. The van der Waals surface area contributed by atoms with Crippen LogP contribution in [0.1, 0.15) is 54.1 Å². The van der Waals surface area contributed by atoms with Gasteiger partial charge in [0.2, 0.25) is 5.91 Å². The molecule has 2 heterocycles. The van der Waals surface area contributed by atoms with Crippen LogP contribution in [0.3, 0.4) is 0 Å². The third kappa shape index (κ3) is 2.74. The molecule has 1 saturated heterocycles. The maximum atomic E-state index is 12.7. The zero-order valence-corrected chi connectivity index (χ0v) is 14.6. The van der Waals surface area contributed by atoms with E-state index in [4.69, 9.17) is 16.3 Å². The van der Waals surface area contributed by atoms with Gasteiger partial charge in [0.1, 0.15) is 11.4 Å². The van der Waals surface area contributed by atoms with Crippen LogP contribution in [0.15, 0.2) is 6.07 Å². The van der Waals surface area contributed by atoms with Crippen LogP contribution in [-0.2, 0) is 4.79 Å². The first-order chi connectivity index (χ1) is 10.9. The Bertz CT molecular complexity index is 675. The Labute approximate surface area is 141 Å². The first kappa shape index (κ1) is 16.3. The lowest BCUT2D eigenvalue weighted by atomic mass is 9.81. The molecule has 0 unspecified atom stereocenters.